The fourth-order valence-corrected chi connectivity index (χ4v) is 2.97. The fourth-order valence-electron chi connectivity index (χ4n) is 2.78. The number of halogens is 1. The van der Waals surface area contributed by atoms with Gasteiger partial charge in [-0.05, 0) is 26.0 Å². The number of anilines is 1. The van der Waals surface area contributed by atoms with Crippen molar-refractivity contribution >= 4 is 34.9 Å². The van der Waals surface area contributed by atoms with Gasteiger partial charge in [-0.25, -0.2) is 4.68 Å². The largest absolute Gasteiger partial charge is 0.322 e. The average molecular weight is 393 g/mol. The molecule has 11 heteroatoms. The Morgan fingerprint density at radius 2 is 2.19 bits per heavy atom. The third-order valence-electron chi connectivity index (χ3n) is 3.98. The molecule has 2 aromatic rings. The molecule has 1 aromatic heterocycles. The first-order valence-electron chi connectivity index (χ1n) is 8.11. The Labute approximate surface area is 159 Å². The van der Waals surface area contributed by atoms with Crippen LogP contribution in [0.1, 0.15) is 35.7 Å². The molecule has 3 rings (SSSR count). The highest BCUT2D eigenvalue weighted by molar-refractivity contribution is 6.32. The van der Waals surface area contributed by atoms with Crippen molar-refractivity contribution < 1.29 is 14.5 Å². The number of nitrogens with zero attached hydrogens (tertiary/aromatic N) is 3. The summed E-state index contributed by atoms with van der Waals surface area (Å²) >= 11 is 5.78. The van der Waals surface area contributed by atoms with Crippen molar-refractivity contribution in [1.29, 1.82) is 0 Å². The lowest BCUT2D eigenvalue weighted by Crippen LogP contribution is -2.52. The van der Waals surface area contributed by atoms with Crippen LogP contribution in [0.3, 0.4) is 0 Å². The zero-order valence-corrected chi connectivity index (χ0v) is 15.3. The second-order valence-corrected chi connectivity index (χ2v) is 6.64. The van der Waals surface area contributed by atoms with Crippen LogP contribution in [0.15, 0.2) is 24.3 Å². The summed E-state index contributed by atoms with van der Waals surface area (Å²) in [6, 6.07) is 5.36. The highest BCUT2D eigenvalue weighted by atomic mass is 35.5. The van der Waals surface area contributed by atoms with Crippen LogP contribution in [-0.2, 0) is 4.79 Å². The summed E-state index contributed by atoms with van der Waals surface area (Å²) in [5, 5.41) is 23.8. The van der Waals surface area contributed by atoms with Crippen LogP contribution in [0, 0.1) is 17.0 Å². The van der Waals surface area contributed by atoms with Crippen LogP contribution in [0.5, 0.6) is 0 Å². The van der Waals surface area contributed by atoms with E-state index >= 15 is 0 Å². The van der Waals surface area contributed by atoms with Gasteiger partial charge in [-0.15, -0.1) is 0 Å². The number of aryl methyl sites for hydroxylation is 1. The Balaban J connectivity index is 1.86. The molecule has 0 aliphatic carbocycles. The van der Waals surface area contributed by atoms with Crippen molar-refractivity contribution in [2.24, 2.45) is 0 Å². The second-order valence-electron chi connectivity index (χ2n) is 6.23. The summed E-state index contributed by atoms with van der Waals surface area (Å²) < 4.78 is 1.45. The molecule has 2 heterocycles. The van der Waals surface area contributed by atoms with Gasteiger partial charge in [0.1, 0.15) is 10.8 Å². The molecule has 0 bridgehead atoms. The molecule has 2 amide bonds. The number of hydrogen-bond acceptors (Lipinski definition) is 6. The third-order valence-corrected chi connectivity index (χ3v) is 4.30. The summed E-state index contributed by atoms with van der Waals surface area (Å²) in [5.74, 6) is -0.363. The summed E-state index contributed by atoms with van der Waals surface area (Å²) in [6.45, 7) is 3.61. The standard InChI is InChI=1S/C16H17ClN6O4/c1-8-6-14(24)20-16(18-8)22-13(5-9(2)21-22)19-15(25)10-3-4-11(17)12(7-10)23(26)27/h3-5,7-8,16,18H,6H2,1-2H3,(H,19,25)(H,20,24). The average Bonchev–Trinajstić information content (AvgIpc) is 2.94. The number of hydrogen-bond donors (Lipinski definition) is 3. The van der Waals surface area contributed by atoms with E-state index in [1.807, 2.05) is 6.92 Å². The number of rotatable bonds is 4. The smallest absolute Gasteiger partial charge is 0.288 e. The molecule has 2 atom stereocenters. The molecule has 0 saturated carbocycles. The molecule has 0 radical (unpaired) electrons. The second kappa shape index (κ2) is 7.33. The molecule has 1 aliphatic rings. The van der Waals surface area contributed by atoms with E-state index in [9.17, 15) is 19.7 Å². The van der Waals surface area contributed by atoms with E-state index in [2.05, 4.69) is 21.0 Å². The van der Waals surface area contributed by atoms with E-state index in [1.165, 1.54) is 16.8 Å². The topological polar surface area (TPSA) is 131 Å². The van der Waals surface area contributed by atoms with E-state index in [0.29, 0.717) is 17.9 Å². The molecule has 3 N–H and O–H groups in total. The first kappa shape index (κ1) is 18.8. The van der Waals surface area contributed by atoms with Crippen LogP contribution in [0.2, 0.25) is 5.02 Å². The van der Waals surface area contributed by atoms with Crippen molar-refractivity contribution in [3.05, 3.63) is 50.7 Å². The quantitative estimate of drug-likeness (QED) is 0.538. The van der Waals surface area contributed by atoms with Crippen molar-refractivity contribution in [2.75, 3.05) is 5.32 Å². The number of benzene rings is 1. The predicted molar refractivity (Wildman–Crippen MR) is 97.4 cm³/mol. The fraction of sp³-hybridized carbons (Fsp3) is 0.312. The molecule has 1 aliphatic heterocycles. The summed E-state index contributed by atoms with van der Waals surface area (Å²) in [7, 11) is 0. The number of carbonyl (C=O) groups excluding carboxylic acids is 2. The van der Waals surface area contributed by atoms with E-state index < -0.39 is 17.1 Å². The number of aromatic nitrogens is 2. The molecule has 0 spiro atoms. The van der Waals surface area contributed by atoms with Gasteiger partial charge in [0.25, 0.3) is 11.6 Å². The van der Waals surface area contributed by atoms with Crippen molar-refractivity contribution in [1.82, 2.24) is 20.4 Å². The minimum atomic E-state index is -0.656. The van der Waals surface area contributed by atoms with E-state index in [1.54, 1.807) is 13.0 Å². The summed E-state index contributed by atoms with van der Waals surface area (Å²) in [4.78, 5) is 34.7. The maximum atomic E-state index is 12.5. The molecule has 1 fully saturated rings. The molecular formula is C16H17ClN6O4. The predicted octanol–water partition coefficient (Wildman–Crippen LogP) is 1.96. The molecule has 142 valence electrons. The van der Waals surface area contributed by atoms with Gasteiger partial charge < -0.3 is 10.6 Å². The lowest BCUT2D eigenvalue weighted by molar-refractivity contribution is -0.384. The molecular weight excluding hydrogens is 376 g/mol. The van der Waals surface area contributed by atoms with E-state index in [4.69, 9.17) is 11.6 Å². The Bertz CT molecular complexity index is 928. The monoisotopic (exact) mass is 392 g/mol. The van der Waals surface area contributed by atoms with Crippen LogP contribution in [-0.4, -0.2) is 32.6 Å². The highest BCUT2D eigenvalue weighted by Crippen LogP contribution is 2.26. The van der Waals surface area contributed by atoms with Crippen LogP contribution in [0.4, 0.5) is 11.5 Å². The summed E-state index contributed by atoms with van der Waals surface area (Å²) in [5.41, 5.74) is 0.344. The van der Waals surface area contributed by atoms with Crippen LogP contribution in [0.25, 0.3) is 0 Å². The van der Waals surface area contributed by atoms with Gasteiger partial charge in [0.2, 0.25) is 5.91 Å². The van der Waals surface area contributed by atoms with Crippen molar-refractivity contribution in [2.45, 2.75) is 32.6 Å². The zero-order valence-electron chi connectivity index (χ0n) is 14.5. The maximum absolute atomic E-state index is 12.5. The molecule has 1 aromatic carbocycles. The minimum Gasteiger partial charge on any atom is -0.322 e. The van der Waals surface area contributed by atoms with Crippen LogP contribution < -0.4 is 16.0 Å². The highest BCUT2D eigenvalue weighted by Gasteiger charge is 2.27. The van der Waals surface area contributed by atoms with Gasteiger partial charge in [0, 0.05) is 30.2 Å². The Kier molecular flexibility index (Phi) is 5.10. The van der Waals surface area contributed by atoms with E-state index in [-0.39, 0.29) is 28.2 Å². The maximum Gasteiger partial charge on any atom is 0.288 e. The van der Waals surface area contributed by atoms with Gasteiger partial charge >= 0.3 is 0 Å². The molecule has 2 unspecified atom stereocenters. The van der Waals surface area contributed by atoms with Crippen molar-refractivity contribution in [3.63, 3.8) is 0 Å². The first-order chi connectivity index (χ1) is 12.7. The van der Waals surface area contributed by atoms with Crippen molar-refractivity contribution in [3.8, 4) is 0 Å². The Morgan fingerprint density at radius 1 is 1.44 bits per heavy atom. The van der Waals surface area contributed by atoms with Gasteiger partial charge in [0.05, 0.1) is 10.6 Å². The van der Waals surface area contributed by atoms with Crippen LogP contribution >= 0.6 is 11.6 Å². The first-order valence-corrected chi connectivity index (χ1v) is 8.49. The van der Waals surface area contributed by atoms with Gasteiger partial charge in [-0.3, -0.25) is 25.0 Å². The summed E-state index contributed by atoms with van der Waals surface area (Å²) in [6.07, 6.45) is -0.280. The normalized spacial score (nSPS) is 19.4. The molecule has 1 saturated heterocycles. The molecule has 27 heavy (non-hydrogen) atoms. The third kappa shape index (κ3) is 4.07. The SMILES string of the molecule is Cc1cc(NC(=O)c2ccc(Cl)c([N+](=O)[O-])c2)n(C2NC(=O)CC(C)N2)n1. The number of amides is 2. The van der Waals surface area contributed by atoms with Gasteiger partial charge in [0.15, 0.2) is 6.29 Å². The number of nitro groups is 1. The van der Waals surface area contributed by atoms with Gasteiger partial charge in [-0.1, -0.05) is 11.6 Å². The van der Waals surface area contributed by atoms with Gasteiger partial charge in [-0.2, -0.15) is 5.10 Å². The zero-order chi connectivity index (χ0) is 19.7. The Morgan fingerprint density at radius 3 is 2.85 bits per heavy atom. The number of nitrogens with one attached hydrogen (secondary N) is 3. The Hall–Kier alpha value is -2.98. The lowest BCUT2D eigenvalue weighted by atomic mass is 10.2. The minimum absolute atomic E-state index is 0.0551. The molecule has 10 nitrogen and oxygen atoms in total. The van der Waals surface area contributed by atoms with E-state index in [0.717, 1.165) is 6.07 Å². The number of carbonyl (C=O) groups is 2. The lowest BCUT2D eigenvalue weighted by Gasteiger charge is -2.30. The number of nitro benzene ring substituents is 1.